The largest absolute Gasteiger partial charge is 0.496 e. The number of amides is 1. The van der Waals surface area contributed by atoms with Crippen LogP contribution in [0, 0.1) is 17.8 Å². The second-order valence-electron chi connectivity index (χ2n) is 7.87. The Hall–Kier alpha value is -2.73. The van der Waals surface area contributed by atoms with E-state index in [1.54, 1.807) is 20.2 Å². The molecule has 0 radical (unpaired) electrons. The maximum absolute atomic E-state index is 13.0. The second kappa shape index (κ2) is 7.95. The molecule has 152 valence electrons. The highest BCUT2D eigenvalue weighted by atomic mass is 16.5. The predicted octanol–water partition coefficient (Wildman–Crippen LogP) is 3.07. The van der Waals surface area contributed by atoms with Crippen LogP contribution in [-0.2, 0) is 4.74 Å². The molecule has 2 aromatic rings. The van der Waals surface area contributed by atoms with Gasteiger partial charge in [-0.3, -0.25) is 9.59 Å². The fraction of sp³-hybridized carbons (Fsp3) is 0.435. The number of para-hydroxylation sites is 1. The zero-order chi connectivity index (χ0) is 20.5. The maximum Gasteiger partial charge on any atom is 0.269 e. The van der Waals surface area contributed by atoms with Crippen molar-refractivity contribution in [2.75, 3.05) is 27.4 Å². The molecule has 1 aromatic heterocycles. The number of Topliss-reactive ketones (excluding diaryl/α,β-unsaturated/α-hetero) is 1. The molecule has 4 atom stereocenters. The average molecular weight is 394 g/mol. The van der Waals surface area contributed by atoms with E-state index in [9.17, 15) is 9.59 Å². The first-order valence-corrected chi connectivity index (χ1v) is 10.0. The third kappa shape index (κ3) is 3.77. The third-order valence-electron chi connectivity index (χ3n) is 6.23. The monoisotopic (exact) mass is 394 g/mol. The molecular weight excluding hydrogens is 368 g/mol. The highest BCUT2D eigenvalue weighted by molar-refractivity contribution is 6.00. The fourth-order valence-electron chi connectivity index (χ4n) is 4.36. The highest BCUT2D eigenvalue weighted by Crippen LogP contribution is 2.53. The standard InChI is InChI=1S/C23H26N2O4/c1-13(15-6-4-5-7-22(15)28-3)19-8-14(9-20(25-19)23(27)24-2)21(26)10-16-17-11-29-12-18(16)17/h4-9,13,16-18H,10-12H2,1-3H3,(H,24,27)/t13-,16?,17-,18+/m0/s1. The van der Waals surface area contributed by atoms with Crippen molar-refractivity contribution in [2.45, 2.75) is 19.3 Å². The summed E-state index contributed by atoms with van der Waals surface area (Å²) in [6.07, 6.45) is 0.498. The van der Waals surface area contributed by atoms with Crippen LogP contribution in [0.2, 0.25) is 0 Å². The minimum Gasteiger partial charge on any atom is -0.496 e. The normalized spacial score (nSPS) is 23.2. The number of hydrogen-bond acceptors (Lipinski definition) is 5. The van der Waals surface area contributed by atoms with Gasteiger partial charge in [-0.05, 0) is 36.0 Å². The number of carbonyl (C=O) groups is 2. The number of carbonyl (C=O) groups excluding carboxylic acids is 2. The molecule has 2 aliphatic rings. The van der Waals surface area contributed by atoms with Crippen LogP contribution in [0.4, 0.5) is 0 Å². The number of fused-ring (bicyclic) bond motifs is 1. The first-order chi connectivity index (χ1) is 14.0. The topological polar surface area (TPSA) is 77.5 Å². The Balaban J connectivity index is 1.65. The molecule has 1 aromatic carbocycles. The van der Waals surface area contributed by atoms with Gasteiger partial charge >= 0.3 is 0 Å². The van der Waals surface area contributed by atoms with Gasteiger partial charge in [0, 0.05) is 36.2 Å². The van der Waals surface area contributed by atoms with Gasteiger partial charge in [0.1, 0.15) is 11.4 Å². The molecule has 6 heteroatoms. The van der Waals surface area contributed by atoms with Crippen LogP contribution >= 0.6 is 0 Å². The lowest BCUT2D eigenvalue weighted by Gasteiger charge is -2.17. The van der Waals surface area contributed by atoms with Gasteiger partial charge in [-0.15, -0.1) is 0 Å². The van der Waals surface area contributed by atoms with Crippen LogP contribution in [0.25, 0.3) is 0 Å². The minimum absolute atomic E-state index is 0.0606. The van der Waals surface area contributed by atoms with Crippen molar-refractivity contribution in [3.8, 4) is 5.75 Å². The Bertz CT molecular complexity index is 932. The molecule has 6 nitrogen and oxygen atoms in total. The molecule has 4 rings (SSSR count). The molecule has 0 bridgehead atoms. The van der Waals surface area contributed by atoms with E-state index in [2.05, 4.69) is 10.3 Å². The average Bonchev–Trinajstić information content (AvgIpc) is 3.17. The van der Waals surface area contributed by atoms with Crippen molar-refractivity contribution < 1.29 is 19.1 Å². The minimum atomic E-state index is -0.301. The molecule has 1 amide bonds. The van der Waals surface area contributed by atoms with Crippen LogP contribution in [-0.4, -0.2) is 44.0 Å². The number of nitrogens with zero attached hydrogens (tertiary/aromatic N) is 1. The lowest BCUT2D eigenvalue weighted by molar-refractivity contribution is 0.0950. The van der Waals surface area contributed by atoms with Crippen LogP contribution in [0.3, 0.4) is 0 Å². The number of rotatable bonds is 7. The van der Waals surface area contributed by atoms with Gasteiger partial charge in [-0.2, -0.15) is 0 Å². The Morgan fingerprint density at radius 1 is 1.24 bits per heavy atom. The summed E-state index contributed by atoms with van der Waals surface area (Å²) in [5.41, 5.74) is 2.44. The van der Waals surface area contributed by atoms with Crippen molar-refractivity contribution in [1.82, 2.24) is 10.3 Å². The summed E-state index contributed by atoms with van der Waals surface area (Å²) in [5, 5.41) is 2.61. The Morgan fingerprint density at radius 2 is 1.97 bits per heavy atom. The first-order valence-electron chi connectivity index (χ1n) is 10.0. The van der Waals surface area contributed by atoms with Gasteiger partial charge in [-0.25, -0.2) is 4.98 Å². The number of benzene rings is 1. The van der Waals surface area contributed by atoms with E-state index in [1.165, 1.54) is 0 Å². The van der Waals surface area contributed by atoms with Crippen molar-refractivity contribution in [1.29, 1.82) is 0 Å². The van der Waals surface area contributed by atoms with Crippen LogP contribution in [0.15, 0.2) is 36.4 Å². The summed E-state index contributed by atoms with van der Waals surface area (Å²) in [6.45, 7) is 3.53. The quantitative estimate of drug-likeness (QED) is 0.731. The summed E-state index contributed by atoms with van der Waals surface area (Å²) in [5.74, 6) is 1.83. The van der Waals surface area contributed by atoms with E-state index in [-0.39, 0.29) is 23.3 Å². The molecule has 1 N–H and O–H groups in total. The zero-order valence-corrected chi connectivity index (χ0v) is 17.0. The van der Waals surface area contributed by atoms with E-state index in [0.717, 1.165) is 24.5 Å². The molecule has 1 saturated heterocycles. The smallest absolute Gasteiger partial charge is 0.269 e. The number of hydrogen-bond donors (Lipinski definition) is 1. The van der Waals surface area contributed by atoms with Crippen LogP contribution < -0.4 is 10.1 Å². The fourth-order valence-corrected chi connectivity index (χ4v) is 4.36. The van der Waals surface area contributed by atoms with Gasteiger partial charge < -0.3 is 14.8 Å². The Kier molecular flexibility index (Phi) is 5.37. The predicted molar refractivity (Wildman–Crippen MR) is 108 cm³/mol. The molecule has 29 heavy (non-hydrogen) atoms. The second-order valence-corrected chi connectivity index (χ2v) is 7.87. The zero-order valence-electron chi connectivity index (χ0n) is 17.0. The van der Waals surface area contributed by atoms with Gasteiger partial charge in [0.2, 0.25) is 0 Å². The molecule has 1 unspecified atom stereocenters. The Labute approximate surface area is 170 Å². The van der Waals surface area contributed by atoms with Gasteiger partial charge in [0.05, 0.1) is 20.3 Å². The van der Waals surface area contributed by atoms with Crippen molar-refractivity contribution >= 4 is 11.7 Å². The number of ether oxygens (including phenoxy) is 2. The SMILES string of the molecule is CNC(=O)c1cc(C(=O)CC2[C@H]3COC[C@@H]23)cc([C@@H](C)c2ccccc2OC)n1. The summed E-state index contributed by atoms with van der Waals surface area (Å²) in [7, 11) is 3.19. The van der Waals surface area contributed by atoms with E-state index >= 15 is 0 Å². The maximum atomic E-state index is 13.0. The first kappa shape index (κ1) is 19.6. The molecule has 0 spiro atoms. The lowest BCUT2D eigenvalue weighted by Crippen LogP contribution is -2.21. The highest BCUT2D eigenvalue weighted by Gasteiger charge is 2.54. The molecule has 1 saturated carbocycles. The molecule has 2 heterocycles. The van der Waals surface area contributed by atoms with Crippen molar-refractivity contribution in [2.24, 2.45) is 17.8 Å². The van der Waals surface area contributed by atoms with E-state index < -0.39 is 0 Å². The van der Waals surface area contributed by atoms with Gasteiger partial charge in [-0.1, -0.05) is 25.1 Å². The number of methoxy groups -OCH3 is 1. The van der Waals surface area contributed by atoms with Crippen LogP contribution in [0.1, 0.15) is 51.4 Å². The molecule has 1 aliphatic heterocycles. The summed E-state index contributed by atoms with van der Waals surface area (Å²) >= 11 is 0. The van der Waals surface area contributed by atoms with E-state index in [4.69, 9.17) is 9.47 Å². The number of ketones is 1. The summed E-state index contributed by atoms with van der Waals surface area (Å²) in [4.78, 5) is 29.8. The number of pyridine rings is 1. The summed E-state index contributed by atoms with van der Waals surface area (Å²) < 4.78 is 10.9. The lowest BCUT2D eigenvalue weighted by atomic mass is 9.93. The van der Waals surface area contributed by atoms with E-state index in [1.807, 2.05) is 37.3 Å². The molecule has 1 aliphatic carbocycles. The third-order valence-corrected chi connectivity index (χ3v) is 6.23. The van der Waals surface area contributed by atoms with Gasteiger partial charge in [0.25, 0.3) is 5.91 Å². The van der Waals surface area contributed by atoms with E-state index in [0.29, 0.717) is 35.4 Å². The van der Waals surface area contributed by atoms with Crippen LogP contribution in [0.5, 0.6) is 5.75 Å². The Morgan fingerprint density at radius 3 is 2.66 bits per heavy atom. The molecule has 2 fully saturated rings. The number of aromatic nitrogens is 1. The summed E-state index contributed by atoms with van der Waals surface area (Å²) in [6, 6.07) is 11.2. The number of nitrogens with one attached hydrogen (secondary N) is 1. The van der Waals surface area contributed by atoms with Crippen molar-refractivity contribution in [3.05, 3.63) is 58.9 Å². The van der Waals surface area contributed by atoms with Gasteiger partial charge in [0.15, 0.2) is 5.78 Å². The molecular formula is C23H26N2O4. The van der Waals surface area contributed by atoms with Crippen molar-refractivity contribution in [3.63, 3.8) is 0 Å².